The highest BCUT2D eigenvalue weighted by Gasteiger charge is 2.10. The van der Waals surface area contributed by atoms with Gasteiger partial charge in [0.2, 0.25) is 0 Å². The van der Waals surface area contributed by atoms with Gasteiger partial charge in [-0.05, 0) is 50.1 Å². The molecule has 1 N–H and O–H groups in total. The van der Waals surface area contributed by atoms with Gasteiger partial charge in [0.25, 0.3) is 0 Å². The summed E-state index contributed by atoms with van der Waals surface area (Å²) in [6.07, 6.45) is 7.87. The maximum atomic E-state index is 3.47. The Hall–Kier alpha value is -0.340. The van der Waals surface area contributed by atoms with Crippen molar-refractivity contribution in [2.75, 3.05) is 7.05 Å². The van der Waals surface area contributed by atoms with Gasteiger partial charge in [-0.3, -0.25) is 0 Å². The van der Waals surface area contributed by atoms with Gasteiger partial charge in [0.05, 0.1) is 0 Å². The molecule has 2 heteroatoms. The van der Waals surface area contributed by atoms with Crippen molar-refractivity contribution in [1.29, 1.82) is 0 Å². The summed E-state index contributed by atoms with van der Waals surface area (Å²) in [6.45, 7) is 4.66. The lowest BCUT2D eigenvalue weighted by Gasteiger charge is -2.20. The van der Waals surface area contributed by atoms with Gasteiger partial charge < -0.3 is 5.32 Å². The molecule has 0 bridgehead atoms. The summed E-state index contributed by atoms with van der Waals surface area (Å²) < 4.78 is 0. The molecule has 0 amide bonds. The van der Waals surface area contributed by atoms with Crippen molar-refractivity contribution in [2.45, 2.75) is 58.4 Å². The number of nitrogens with one attached hydrogen (secondary N) is 1. The maximum absolute atomic E-state index is 3.47. The van der Waals surface area contributed by atoms with Crippen molar-refractivity contribution in [3.05, 3.63) is 22.4 Å². The fourth-order valence-corrected chi connectivity index (χ4v) is 3.21. The lowest BCUT2D eigenvalue weighted by Crippen LogP contribution is -2.27. The van der Waals surface area contributed by atoms with E-state index in [4.69, 9.17) is 0 Å². The first-order valence-electron chi connectivity index (χ1n) is 6.95. The molecule has 0 aliphatic rings. The number of thiophene rings is 1. The van der Waals surface area contributed by atoms with E-state index in [1.165, 1.54) is 43.4 Å². The van der Waals surface area contributed by atoms with Crippen LogP contribution in [0, 0.1) is 5.92 Å². The van der Waals surface area contributed by atoms with Gasteiger partial charge >= 0.3 is 0 Å². The highest BCUT2D eigenvalue weighted by molar-refractivity contribution is 7.09. The highest BCUT2D eigenvalue weighted by Crippen LogP contribution is 2.17. The largest absolute Gasteiger partial charge is 0.317 e. The molecule has 0 aliphatic heterocycles. The fraction of sp³-hybridized carbons (Fsp3) is 0.733. The van der Waals surface area contributed by atoms with Crippen LogP contribution in [0.15, 0.2) is 17.5 Å². The molecule has 1 nitrogen and oxygen atoms in total. The molecule has 0 saturated heterocycles. The van der Waals surface area contributed by atoms with Crippen LogP contribution >= 0.6 is 11.3 Å². The van der Waals surface area contributed by atoms with Crippen molar-refractivity contribution in [2.24, 2.45) is 5.92 Å². The van der Waals surface area contributed by atoms with Crippen LogP contribution in [0.1, 0.15) is 50.8 Å². The first-order valence-corrected chi connectivity index (χ1v) is 7.83. The van der Waals surface area contributed by atoms with Crippen LogP contribution in [0.2, 0.25) is 0 Å². The lowest BCUT2D eigenvalue weighted by molar-refractivity contribution is 0.378. The third-order valence-corrected chi connectivity index (χ3v) is 4.37. The Morgan fingerprint density at radius 2 is 2.18 bits per heavy atom. The van der Waals surface area contributed by atoms with Gasteiger partial charge in [-0.25, -0.2) is 0 Å². The average molecular weight is 253 g/mol. The van der Waals surface area contributed by atoms with Crippen LogP contribution in [0.4, 0.5) is 0 Å². The van der Waals surface area contributed by atoms with Gasteiger partial charge in [-0.1, -0.05) is 32.8 Å². The zero-order valence-corrected chi connectivity index (χ0v) is 12.4. The summed E-state index contributed by atoms with van der Waals surface area (Å²) in [6, 6.07) is 5.11. The standard InChI is InChI=1S/C15H27NS/c1-4-7-13(2)12-14(16-3)8-5-9-15-10-6-11-17-15/h6,10-11,13-14,16H,4-5,7-9,12H2,1-3H3. The Bertz CT molecular complexity index is 268. The molecule has 2 atom stereocenters. The SMILES string of the molecule is CCCC(C)CC(CCCc1cccs1)NC. The molecule has 0 aliphatic carbocycles. The minimum atomic E-state index is 0.705. The fourth-order valence-electron chi connectivity index (χ4n) is 2.45. The Kier molecular flexibility index (Phi) is 7.54. The molecular formula is C15H27NS. The van der Waals surface area contributed by atoms with Gasteiger partial charge in [0, 0.05) is 10.9 Å². The van der Waals surface area contributed by atoms with Crippen LogP contribution in [0.5, 0.6) is 0 Å². The summed E-state index contributed by atoms with van der Waals surface area (Å²) in [4.78, 5) is 1.53. The minimum Gasteiger partial charge on any atom is -0.317 e. The normalized spacial score (nSPS) is 14.8. The third-order valence-electron chi connectivity index (χ3n) is 3.43. The molecule has 98 valence electrons. The van der Waals surface area contributed by atoms with E-state index in [1.54, 1.807) is 0 Å². The summed E-state index contributed by atoms with van der Waals surface area (Å²) in [7, 11) is 2.11. The molecule has 1 aromatic heterocycles. The van der Waals surface area contributed by atoms with E-state index in [9.17, 15) is 0 Å². The Morgan fingerprint density at radius 3 is 2.76 bits per heavy atom. The second-order valence-electron chi connectivity index (χ2n) is 5.09. The van der Waals surface area contributed by atoms with Crippen molar-refractivity contribution < 1.29 is 0 Å². The van der Waals surface area contributed by atoms with E-state index >= 15 is 0 Å². The van der Waals surface area contributed by atoms with E-state index in [0.29, 0.717) is 6.04 Å². The molecule has 2 unspecified atom stereocenters. The van der Waals surface area contributed by atoms with E-state index in [-0.39, 0.29) is 0 Å². The van der Waals surface area contributed by atoms with Crippen molar-refractivity contribution in [3.63, 3.8) is 0 Å². The van der Waals surface area contributed by atoms with Gasteiger partial charge in [0.1, 0.15) is 0 Å². The second-order valence-corrected chi connectivity index (χ2v) is 6.12. The van der Waals surface area contributed by atoms with Crippen LogP contribution in [-0.4, -0.2) is 13.1 Å². The van der Waals surface area contributed by atoms with Gasteiger partial charge in [-0.2, -0.15) is 0 Å². The monoisotopic (exact) mass is 253 g/mol. The zero-order valence-electron chi connectivity index (χ0n) is 11.5. The molecule has 0 spiro atoms. The number of aryl methyl sites for hydroxylation is 1. The predicted molar refractivity (Wildman–Crippen MR) is 78.8 cm³/mol. The quantitative estimate of drug-likeness (QED) is 0.684. The first kappa shape index (κ1) is 14.7. The van der Waals surface area contributed by atoms with E-state index in [1.807, 2.05) is 11.3 Å². The van der Waals surface area contributed by atoms with E-state index < -0.39 is 0 Å². The van der Waals surface area contributed by atoms with Crippen LogP contribution in [0.3, 0.4) is 0 Å². The molecule has 1 aromatic rings. The topological polar surface area (TPSA) is 12.0 Å². The molecule has 0 saturated carbocycles. The molecule has 1 rings (SSSR count). The number of hydrogen-bond donors (Lipinski definition) is 1. The second kappa shape index (κ2) is 8.71. The van der Waals surface area contributed by atoms with E-state index in [0.717, 1.165) is 5.92 Å². The van der Waals surface area contributed by atoms with E-state index in [2.05, 4.69) is 43.7 Å². The molecule has 0 fully saturated rings. The van der Waals surface area contributed by atoms with Crippen molar-refractivity contribution >= 4 is 11.3 Å². The molecule has 17 heavy (non-hydrogen) atoms. The molecule has 0 radical (unpaired) electrons. The van der Waals surface area contributed by atoms with Crippen molar-refractivity contribution in [1.82, 2.24) is 5.32 Å². The number of rotatable bonds is 9. The van der Waals surface area contributed by atoms with Gasteiger partial charge in [0.15, 0.2) is 0 Å². The molecule has 1 heterocycles. The van der Waals surface area contributed by atoms with Crippen LogP contribution < -0.4 is 5.32 Å². The zero-order chi connectivity index (χ0) is 12.5. The Labute approximate surface area is 111 Å². The predicted octanol–water partition coefficient (Wildman–Crippen LogP) is 4.49. The number of hydrogen-bond acceptors (Lipinski definition) is 2. The van der Waals surface area contributed by atoms with Gasteiger partial charge in [-0.15, -0.1) is 11.3 Å². The minimum absolute atomic E-state index is 0.705. The van der Waals surface area contributed by atoms with Crippen LogP contribution in [-0.2, 0) is 6.42 Å². The summed E-state index contributed by atoms with van der Waals surface area (Å²) >= 11 is 1.88. The lowest BCUT2D eigenvalue weighted by atomic mass is 9.94. The van der Waals surface area contributed by atoms with Crippen LogP contribution in [0.25, 0.3) is 0 Å². The summed E-state index contributed by atoms with van der Waals surface area (Å²) in [5, 5.41) is 5.65. The van der Waals surface area contributed by atoms with Crippen molar-refractivity contribution in [3.8, 4) is 0 Å². The maximum Gasteiger partial charge on any atom is 0.00667 e. The summed E-state index contributed by atoms with van der Waals surface area (Å²) in [5.74, 6) is 0.860. The first-order chi connectivity index (χ1) is 8.26. The Balaban J connectivity index is 2.18. The average Bonchev–Trinajstić information content (AvgIpc) is 2.81. The molecule has 0 aromatic carbocycles. The Morgan fingerprint density at radius 1 is 1.35 bits per heavy atom. The highest BCUT2D eigenvalue weighted by atomic mass is 32.1. The summed E-state index contributed by atoms with van der Waals surface area (Å²) in [5.41, 5.74) is 0. The third kappa shape index (κ3) is 6.23. The smallest absolute Gasteiger partial charge is 0.00667 e. The molecular weight excluding hydrogens is 226 g/mol.